The normalized spacial score (nSPS) is 12.9. The Bertz CT molecular complexity index is 967. The van der Waals surface area contributed by atoms with Crippen molar-refractivity contribution in [2.75, 3.05) is 5.73 Å². The van der Waals surface area contributed by atoms with Crippen molar-refractivity contribution < 1.29 is 9.59 Å². The Labute approximate surface area is 139 Å². The number of anilines is 1. The van der Waals surface area contributed by atoms with Crippen LogP contribution in [0.5, 0.6) is 0 Å². The minimum atomic E-state index is -0.671. The van der Waals surface area contributed by atoms with Gasteiger partial charge in [-0.15, -0.1) is 0 Å². The number of nitrogen functional groups attached to an aromatic ring is 1. The first kappa shape index (κ1) is 15.2. The zero-order valence-corrected chi connectivity index (χ0v) is 13.0. The average Bonchev–Trinajstić information content (AvgIpc) is 2.73. The summed E-state index contributed by atoms with van der Waals surface area (Å²) >= 11 is 10.9. The van der Waals surface area contributed by atoms with E-state index in [0.717, 1.165) is 10.6 Å². The SMILES string of the molecule is NC(=S)c1ccc(Cl)cc1-n1c(N)c2c(cc1=O)C(=O)NC2=O. The number of nitrogens with two attached hydrogens (primary N) is 2. The van der Waals surface area contributed by atoms with Crippen LogP contribution < -0.4 is 22.3 Å². The number of carbonyl (C=O) groups excluding carboxylic acids is 2. The van der Waals surface area contributed by atoms with Crippen LogP contribution in [0.2, 0.25) is 5.02 Å². The zero-order chi connectivity index (χ0) is 16.9. The van der Waals surface area contributed by atoms with Gasteiger partial charge in [0.05, 0.1) is 16.8 Å². The molecule has 9 heteroatoms. The molecule has 5 N–H and O–H groups in total. The van der Waals surface area contributed by atoms with Crippen molar-refractivity contribution in [2.45, 2.75) is 0 Å². The monoisotopic (exact) mass is 348 g/mol. The largest absolute Gasteiger partial charge is 0.389 e. The molecule has 2 aromatic rings. The molecule has 0 spiro atoms. The molecule has 0 bridgehead atoms. The van der Waals surface area contributed by atoms with Crippen LogP contribution in [0.4, 0.5) is 5.82 Å². The molecule has 0 saturated carbocycles. The first-order valence-corrected chi connectivity index (χ1v) is 7.11. The Morgan fingerprint density at radius 1 is 1.17 bits per heavy atom. The highest BCUT2D eigenvalue weighted by atomic mass is 35.5. The fraction of sp³-hybridized carbons (Fsp3) is 0. The second kappa shape index (κ2) is 5.18. The van der Waals surface area contributed by atoms with E-state index in [0.29, 0.717) is 10.6 Å². The maximum Gasteiger partial charge on any atom is 0.262 e. The van der Waals surface area contributed by atoms with Crippen LogP contribution in [0.25, 0.3) is 5.69 Å². The molecule has 2 heterocycles. The van der Waals surface area contributed by atoms with Gasteiger partial charge in [0.2, 0.25) is 0 Å². The molecule has 0 atom stereocenters. The number of fused-ring (bicyclic) bond motifs is 1. The summed E-state index contributed by atoms with van der Waals surface area (Å²) < 4.78 is 1.05. The molecule has 2 amide bonds. The number of hydrogen-bond donors (Lipinski definition) is 3. The summed E-state index contributed by atoms with van der Waals surface area (Å²) in [7, 11) is 0. The average molecular weight is 349 g/mol. The second-order valence-corrected chi connectivity index (χ2v) is 5.68. The molecule has 7 nitrogen and oxygen atoms in total. The number of pyridine rings is 1. The Morgan fingerprint density at radius 3 is 2.52 bits per heavy atom. The first-order chi connectivity index (χ1) is 10.8. The zero-order valence-electron chi connectivity index (χ0n) is 11.4. The van der Waals surface area contributed by atoms with E-state index >= 15 is 0 Å². The molecule has 116 valence electrons. The van der Waals surface area contributed by atoms with Crippen molar-refractivity contribution in [3.05, 3.63) is 56.3 Å². The lowest BCUT2D eigenvalue weighted by Crippen LogP contribution is -2.26. The molecule has 0 radical (unpaired) electrons. The number of nitrogens with one attached hydrogen (secondary N) is 1. The van der Waals surface area contributed by atoms with E-state index in [1.54, 1.807) is 12.1 Å². The van der Waals surface area contributed by atoms with Crippen molar-refractivity contribution in [3.63, 3.8) is 0 Å². The number of rotatable bonds is 2. The number of thiocarbonyl (C=S) groups is 1. The highest BCUT2D eigenvalue weighted by Gasteiger charge is 2.32. The fourth-order valence-electron chi connectivity index (χ4n) is 2.43. The number of aromatic nitrogens is 1. The van der Waals surface area contributed by atoms with Crippen LogP contribution in [0.1, 0.15) is 26.3 Å². The lowest BCUT2D eigenvalue weighted by molar-refractivity contribution is 0.0880. The van der Waals surface area contributed by atoms with Crippen molar-refractivity contribution in [1.29, 1.82) is 0 Å². The smallest absolute Gasteiger partial charge is 0.262 e. The summed E-state index contributed by atoms with van der Waals surface area (Å²) in [6.45, 7) is 0. The summed E-state index contributed by atoms with van der Waals surface area (Å²) in [6, 6.07) is 5.60. The summed E-state index contributed by atoms with van der Waals surface area (Å²) in [4.78, 5) is 36.0. The topological polar surface area (TPSA) is 120 Å². The molecule has 0 fully saturated rings. The van der Waals surface area contributed by atoms with E-state index in [9.17, 15) is 14.4 Å². The number of carbonyl (C=O) groups is 2. The molecule has 23 heavy (non-hydrogen) atoms. The van der Waals surface area contributed by atoms with Gasteiger partial charge in [0.25, 0.3) is 17.4 Å². The van der Waals surface area contributed by atoms with E-state index in [4.69, 9.17) is 35.3 Å². The predicted molar refractivity (Wildman–Crippen MR) is 89.1 cm³/mol. The van der Waals surface area contributed by atoms with Crippen molar-refractivity contribution in [3.8, 4) is 5.69 Å². The van der Waals surface area contributed by atoms with Gasteiger partial charge in [-0.25, -0.2) is 0 Å². The maximum absolute atomic E-state index is 12.4. The molecular formula is C14H9ClN4O3S. The quantitative estimate of drug-likeness (QED) is 0.539. The highest BCUT2D eigenvalue weighted by Crippen LogP contribution is 2.26. The third kappa shape index (κ3) is 2.28. The fourth-order valence-corrected chi connectivity index (χ4v) is 2.76. The summed E-state index contributed by atoms with van der Waals surface area (Å²) in [5, 5.41) is 2.42. The van der Waals surface area contributed by atoms with Crippen LogP contribution in [0, 0.1) is 0 Å². The van der Waals surface area contributed by atoms with Gasteiger partial charge < -0.3 is 11.5 Å². The molecule has 0 unspecified atom stereocenters. The molecule has 0 saturated heterocycles. The van der Waals surface area contributed by atoms with E-state index < -0.39 is 17.4 Å². The first-order valence-electron chi connectivity index (χ1n) is 6.32. The van der Waals surface area contributed by atoms with Gasteiger partial charge >= 0.3 is 0 Å². The third-order valence-corrected chi connectivity index (χ3v) is 3.87. The Hall–Kier alpha value is -2.71. The minimum Gasteiger partial charge on any atom is -0.389 e. The van der Waals surface area contributed by atoms with Gasteiger partial charge in [0, 0.05) is 16.7 Å². The van der Waals surface area contributed by atoms with E-state index in [1.165, 1.54) is 6.07 Å². The number of nitrogens with zero attached hydrogens (tertiary/aromatic N) is 1. The Balaban J connectivity index is 2.40. The van der Waals surface area contributed by atoms with Gasteiger partial charge in [-0.05, 0) is 18.2 Å². The van der Waals surface area contributed by atoms with Crippen molar-refractivity contribution >= 4 is 46.4 Å². The van der Waals surface area contributed by atoms with Crippen molar-refractivity contribution in [1.82, 2.24) is 9.88 Å². The molecular weight excluding hydrogens is 340 g/mol. The standard InChI is InChI=1S/C14H9ClN4O3S/c15-5-1-2-6(12(17)23)8(3-5)19-9(20)4-7-10(11(19)16)14(22)18-13(7)21/h1-4H,16H2,(H2,17,23)(H,18,21,22). The number of imide groups is 1. The summed E-state index contributed by atoms with van der Waals surface area (Å²) in [6.07, 6.45) is 0. The van der Waals surface area contributed by atoms with Crippen LogP contribution in [0.3, 0.4) is 0 Å². The second-order valence-electron chi connectivity index (χ2n) is 4.80. The highest BCUT2D eigenvalue weighted by molar-refractivity contribution is 7.80. The van der Waals surface area contributed by atoms with Crippen LogP contribution in [-0.4, -0.2) is 21.4 Å². The number of amides is 2. The third-order valence-electron chi connectivity index (χ3n) is 3.42. The molecule has 3 rings (SSSR count). The maximum atomic E-state index is 12.4. The lowest BCUT2D eigenvalue weighted by atomic mass is 10.1. The minimum absolute atomic E-state index is 0.0315. The number of hydrogen-bond acceptors (Lipinski definition) is 5. The molecule has 1 aromatic heterocycles. The molecule has 1 aromatic carbocycles. The number of halogens is 1. The summed E-state index contributed by atoms with van der Waals surface area (Å²) in [5.41, 5.74) is 11.5. The van der Waals surface area contributed by atoms with Crippen LogP contribution in [-0.2, 0) is 0 Å². The van der Waals surface area contributed by atoms with Crippen LogP contribution in [0.15, 0.2) is 29.1 Å². The van der Waals surface area contributed by atoms with Gasteiger partial charge in [-0.2, -0.15) is 0 Å². The van der Waals surface area contributed by atoms with Crippen LogP contribution >= 0.6 is 23.8 Å². The predicted octanol–water partition coefficient (Wildman–Crippen LogP) is 0.591. The van der Waals surface area contributed by atoms with Gasteiger partial charge in [-0.1, -0.05) is 23.8 Å². The number of benzene rings is 1. The lowest BCUT2D eigenvalue weighted by Gasteiger charge is -2.15. The molecule has 1 aliphatic heterocycles. The molecule has 0 aliphatic carbocycles. The Kier molecular flexibility index (Phi) is 3.42. The molecule has 1 aliphatic rings. The van der Waals surface area contributed by atoms with Crippen molar-refractivity contribution in [2.24, 2.45) is 5.73 Å². The van der Waals surface area contributed by atoms with E-state index in [-0.39, 0.29) is 27.6 Å². The van der Waals surface area contributed by atoms with Gasteiger partial charge in [-0.3, -0.25) is 24.3 Å². The van der Waals surface area contributed by atoms with E-state index in [2.05, 4.69) is 5.32 Å². The van der Waals surface area contributed by atoms with Gasteiger partial charge in [0.1, 0.15) is 10.8 Å². The van der Waals surface area contributed by atoms with E-state index in [1.807, 2.05) is 0 Å². The summed E-state index contributed by atoms with van der Waals surface area (Å²) in [5.74, 6) is -1.52. The van der Waals surface area contributed by atoms with Gasteiger partial charge in [0.15, 0.2) is 0 Å². The Morgan fingerprint density at radius 2 is 1.87 bits per heavy atom.